The predicted octanol–water partition coefficient (Wildman–Crippen LogP) is 7.18. The molecule has 0 radical (unpaired) electrons. The van der Waals surface area contributed by atoms with Crippen molar-refractivity contribution < 1.29 is 62.2 Å². The Hall–Kier alpha value is -3.03. The van der Waals surface area contributed by atoms with Crippen LogP contribution in [0.5, 0.6) is 0 Å². The molecular formula is C46H72O13. The molecule has 0 unspecified atom stereocenters. The van der Waals surface area contributed by atoms with Gasteiger partial charge in [0.1, 0.15) is 18.8 Å². The second kappa shape index (κ2) is 17.4. The van der Waals surface area contributed by atoms with E-state index in [0.717, 1.165) is 44.1 Å². The third-order valence-corrected chi connectivity index (χ3v) is 15.9. The van der Waals surface area contributed by atoms with Gasteiger partial charge in [-0.15, -0.1) is 0 Å². The highest BCUT2D eigenvalue weighted by Gasteiger charge is 2.72. The maximum Gasteiger partial charge on any atom is 0.303 e. The van der Waals surface area contributed by atoms with E-state index in [1.807, 2.05) is 20.8 Å². The van der Waals surface area contributed by atoms with Crippen LogP contribution >= 0.6 is 0 Å². The van der Waals surface area contributed by atoms with Crippen LogP contribution in [0.3, 0.4) is 0 Å². The maximum absolute atomic E-state index is 12.7. The van der Waals surface area contributed by atoms with Crippen molar-refractivity contribution in [3.05, 3.63) is 11.6 Å². The molecule has 15 atom stereocenters. The number of ether oxygens (including phenoxy) is 7. The highest BCUT2D eigenvalue weighted by Crippen LogP contribution is 2.76. The normalized spacial score (nSPS) is 40.7. The van der Waals surface area contributed by atoms with E-state index in [1.54, 1.807) is 0 Å². The number of fused-ring (bicyclic) bond motifs is 5. The lowest BCUT2D eigenvalue weighted by Crippen LogP contribution is -2.67. The summed E-state index contributed by atoms with van der Waals surface area (Å²) in [6.45, 7) is 23.8. The zero-order valence-electron chi connectivity index (χ0n) is 37.8. The van der Waals surface area contributed by atoms with Crippen molar-refractivity contribution in [2.75, 3.05) is 6.61 Å². The van der Waals surface area contributed by atoms with Crippen molar-refractivity contribution in [1.82, 2.24) is 0 Å². The Bertz CT molecular complexity index is 1640. The van der Waals surface area contributed by atoms with Crippen molar-refractivity contribution in [3.8, 4) is 0 Å². The van der Waals surface area contributed by atoms with Gasteiger partial charge in [0.15, 0.2) is 24.6 Å². The molecule has 0 bridgehead atoms. The fourth-order valence-corrected chi connectivity index (χ4v) is 13.4. The number of rotatable bonds is 12. The summed E-state index contributed by atoms with van der Waals surface area (Å²) in [6.07, 6.45) is 2.00. The summed E-state index contributed by atoms with van der Waals surface area (Å²) in [4.78, 5) is 61.9. The molecule has 13 heteroatoms. The molecule has 334 valence electrons. The molecule has 5 fully saturated rings. The van der Waals surface area contributed by atoms with Crippen molar-refractivity contribution in [2.45, 2.75) is 196 Å². The number of carbonyl (C=O) groups excluding carboxylic acids is 5. The van der Waals surface area contributed by atoms with Crippen molar-refractivity contribution >= 4 is 29.8 Å². The minimum Gasteiger partial charge on any atom is -0.463 e. The second-order valence-electron chi connectivity index (χ2n) is 20.2. The summed E-state index contributed by atoms with van der Waals surface area (Å²) in [6, 6.07) is 0. The molecular weight excluding hydrogens is 760 g/mol. The third kappa shape index (κ3) is 8.99. The van der Waals surface area contributed by atoms with Crippen LogP contribution in [0.15, 0.2) is 11.6 Å². The summed E-state index contributed by atoms with van der Waals surface area (Å²) < 4.78 is 42.2. The molecule has 0 aromatic heterocycles. The summed E-state index contributed by atoms with van der Waals surface area (Å²) >= 11 is 0. The van der Waals surface area contributed by atoms with Crippen molar-refractivity contribution in [1.29, 1.82) is 0 Å². The molecule has 0 spiro atoms. The molecule has 1 saturated heterocycles. The Morgan fingerprint density at radius 1 is 0.712 bits per heavy atom. The molecule has 5 aliphatic rings. The number of aliphatic hydroxyl groups excluding tert-OH is 1. The average molecular weight is 833 g/mol. The van der Waals surface area contributed by atoms with Gasteiger partial charge in [0, 0.05) is 40.0 Å². The fourth-order valence-electron chi connectivity index (χ4n) is 13.4. The van der Waals surface area contributed by atoms with E-state index in [2.05, 4.69) is 40.7 Å². The predicted molar refractivity (Wildman–Crippen MR) is 216 cm³/mol. The van der Waals surface area contributed by atoms with Gasteiger partial charge in [-0.25, -0.2) is 0 Å². The summed E-state index contributed by atoms with van der Waals surface area (Å²) in [5.74, 6) is -2.73. The first-order valence-corrected chi connectivity index (χ1v) is 21.8. The Morgan fingerprint density at radius 2 is 1.29 bits per heavy atom. The number of allylic oxidation sites excluding steroid dienone is 2. The van der Waals surface area contributed by atoms with E-state index in [0.29, 0.717) is 25.2 Å². The number of hydrogen-bond donors (Lipinski definition) is 1. The Kier molecular flexibility index (Phi) is 13.9. The van der Waals surface area contributed by atoms with Crippen LogP contribution in [0.2, 0.25) is 0 Å². The Balaban J connectivity index is 1.55. The highest BCUT2D eigenvalue weighted by molar-refractivity contribution is 5.69. The molecule has 4 aliphatic carbocycles. The van der Waals surface area contributed by atoms with Gasteiger partial charge >= 0.3 is 29.8 Å². The van der Waals surface area contributed by atoms with E-state index in [1.165, 1.54) is 34.6 Å². The SMILES string of the molecule is CC(=O)OC[C@H]1O[C@@H](O[C@@](C)(CCC=C(C)C)[C@H]2CC[C@]3(C)[C@@H]2[C@@H](O)C[C@@H]2[C@@]4(C)CC[C@H](OC(C)=O)C(C)(C)[C@@H]4CC[C@]23C)[C@H](OC(C)=O)[C@@H](OC(C)=O)[C@@H]1OC(C)=O. The molecule has 13 nitrogen and oxygen atoms in total. The summed E-state index contributed by atoms with van der Waals surface area (Å²) in [7, 11) is 0. The van der Waals surface area contributed by atoms with Crippen molar-refractivity contribution in [2.24, 2.45) is 45.3 Å². The minimum absolute atomic E-state index is 0.0716. The molecule has 0 amide bonds. The molecule has 1 heterocycles. The lowest BCUT2D eigenvalue weighted by atomic mass is 9.35. The van der Waals surface area contributed by atoms with Gasteiger partial charge in [0.2, 0.25) is 0 Å². The lowest BCUT2D eigenvalue weighted by molar-refractivity contribution is -0.339. The lowest BCUT2D eigenvalue weighted by Gasteiger charge is -2.70. The molecule has 0 aromatic rings. The highest BCUT2D eigenvalue weighted by atomic mass is 16.7. The molecule has 1 aliphatic heterocycles. The smallest absolute Gasteiger partial charge is 0.303 e. The van der Waals surface area contributed by atoms with Crippen LogP contribution in [-0.4, -0.2) is 90.1 Å². The molecule has 4 saturated carbocycles. The zero-order chi connectivity index (χ0) is 44.0. The summed E-state index contributed by atoms with van der Waals surface area (Å²) in [5, 5.41) is 12.7. The largest absolute Gasteiger partial charge is 0.463 e. The summed E-state index contributed by atoms with van der Waals surface area (Å²) in [5.41, 5.74) is -0.516. The van der Waals surface area contributed by atoms with Crippen LogP contribution < -0.4 is 0 Å². The molecule has 59 heavy (non-hydrogen) atoms. The zero-order valence-corrected chi connectivity index (χ0v) is 37.8. The topological polar surface area (TPSA) is 170 Å². The standard InChI is InChI=1S/C46H72O13/c1-25(2)15-14-19-46(13,59-41-40(57-30(7)51)39(56-29(6)50)38(55-28(5)49)33(58-41)24-53-26(3)47)31-16-21-45(12)37(31)32(52)23-35-43(10)20-18-36(54-27(4)48)42(8,9)34(43)17-22-44(35,45)11/h15,31-41,52H,14,16-24H2,1-13H3/t31-,32-,33+,34-,35+,36-,37-,38+,39-,40+,41-,43-,44+,45+,46-/m0/s1. The van der Waals surface area contributed by atoms with Crippen LogP contribution in [-0.2, 0) is 57.1 Å². The fraction of sp³-hybridized carbons (Fsp3) is 0.848. The van der Waals surface area contributed by atoms with Gasteiger partial charge in [-0.1, -0.05) is 46.3 Å². The quantitative estimate of drug-likeness (QED) is 0.119. The van der Waals surface area contributed by atoms with Gasteiger partial charge in [-0.3, -0.25) is 24.0 Å². The van der Waals surface area contributed by atoms with E-state index < -0.39 is 66.3 Å². The van der Waals surface area contributed by atoms with E-state index >= 15 is 0 Å². The first-order chi connectivity index (χ1) is 27.3. The average Bonchev–Trinajstić information content (AvgIpc) is 3.48. The number of aliphatic hydroxyl groups is 1. The van der Waals surface area contributed by atoms with E-state index in [9.17, 15) is 29.1 Å². The van der Waals surface area contributed by atoms with Gasteiger partial charge in [-0.05, 0) is 118 Å². The van der Waals surface area contributed by atoms with Gasteiger partial charge < -0.3 is 38.3 Å². The van der Waals surface area contributed by atoms with E-state index in [-0.39, 0.29) is 58.1 Å². The van der Waals surface area contributed by atoms with Crippen LogP contribution in [0.25, 0.3) is 0 Å². The monoisotopic (exact) mass is 832 g/mol. The van der Waals surface area contributed by atoms with Crippen LogP contribution in [0.1, 0.15) is 148 Å². The van der Waals surface area contributed by atoms with Gasteiger partial charge in [-0.2, -0.15) is 0 Å². The first-order valence-electron chi connectivity index (χ1n) is 21.8. The third-order valence-electron chi connectivity index (χ3n) is 15.9. The number of esters is 5. The molecule has 1 N–H and O–H groups in total. The Labute approximate surface area is 351 Å². The maximum atomic E-state index is 12.7. The molecule has 0 aromatic carbocycles. The minimum atomic E-state index is -1.36. The number of hydrogen-bond acceptors (Lipinski definition) is 13. The molecule has 5 rings (SSSR count). The van der Waals surface area contributed by atoms with Gasteiger partial charge in [0.25, 0.3) is 0 Å². The van der Waals surface area contributed by atoms with Crippen LogP contribution in [0, 0.1) is 45.3 Å². The Morgan fingerprint density at radius 3 is 1.86 bits per heavy atom. The number of carbonyl (C=O) groups is 5. The van der Waals surface area contributed by atoms with Crippen LogP contribution in [0.4, 0.5) is 0 Å². The van der Waals surface area contributed by atoms with E-state index in [4.69, 9.17) is 33.2 Å². The second-order valence-corrected chi connectivity index (χ2v) is 20.2. The first kappa shape index (κ1) is 47.0. The van der Waals surface area contributed by atoms with Crippen molar-refractivity contribution in [3.63, 3.8) is 0 Å². The van der Waals surface area contributed by atoms with Gasteiger partial charge in [0.05, 0.1) is 11.7 Å².